The first kappa shape index (κ1) is 22.3. The van der Waals surface area contributed by atoms with E-state index in [-0.39, 0.29) is 30.5 Å². The molecule has 5 fully saturated rings. The summed E-state index contributed by atoms with van der Waals surface area (Å²) in [6.07, 6.45) is 1.99. The Bertz CT molecular complexity index is 1090. The molecule has 5 aliphatic rings. The van der Waals surface area contributed by atoms with E-state index in [2.05, 4.69) is 0 Å². The molecular weight excluding hydrogens is 440 g/mol. The van der Waals surface area contributed by atoms with Crippen LogP contribution in [-0.4, -0.2) is 46.2 Å². The van der Waals surface area contributed by atoms with Crippen LogP contribution in [0.2, 0.25) is 0 Å². The van der Waals surface area contributed by atoms with Crippen molar-refractivity contribution < 1.29 is 38.1 Å². The van der Waals surface area contributed by atoms with E-state index in [9.17, 15) is 19.5 Å². The summed E-state index contributed by atoms with van der Waals surface area (Å²) in [7, 11) is 0. The van der Waals surface area contributed by atoms with E-state index in [1.165, 1.54) is 0 Å². The van der Waals surface area contributed by atoms with E-state index in [1.807, 2.05) is 34.6 Å². The average Bonchev–Trinajstić information content (AvgIpc) is 3.33. The molecule has 4 heterocycles. The van der Waals surface area contributed by atoms with Crippen LogP contribution in [-0.2, 0) is 28.6 Å². The van der Waals surface area contributed by atoms with Crippen LogP contribution in [0.25, 0.3) is 0 Å². The SMILES string of the molecule is CC1(C)OC(=O)CC(O)[C@]2(C)[C@H]3CC[C@@]4(C)[C@H](c5ccoc5)OC(=O)[C@H]5O[C@]54[C@]3(C)C(=O)C[C@@H]12. The Morgan fingerprint density at radius 1 is 1.00 bits per heavy atom. The quantitative estimate of drug-likeness (QED) is 0.490. The third kappa shape index (κ3) is 2.25. The average molecular weight is 473 g/mol. The van der Waals surface area contributed by atoms with E-state index < -0.39 is 57.7 Å². The van der Waals surface area contributed by atoms with Gasteiger partial charge in [-0.2, -0.15) is 0 Å². The molecule has 9 atom stereocenters. The molecule has 1 unspecified atom stereocenters. The Kier molecular flexibility index (Phi) is 4.14. The summed E-state index contributed by atoms with van der Waals surface area (Å²) < 4.78 is 23.2. The van der Waals surface area contributed by atoms with Crippen molar-refractivity contribution in [3.8, 4) is 0 Å². The Morgan fingerprint density at radius 3 is 2.41 bits per heavy atom. The molecule has 1 aromatic heterocycles. The Labute approximate surface area is 198 Å². The summed E-state index contributed by atoms with van der Waals surface area (Å²) in [5.41, 5.74) is -3.69. The topological polar surface area (TPSA) is 116 Å². The van der Waals surface area contributed by atoms with E-state index >= 15 is 0 Å². The van der Waals surface area contributed by atoms with Crippen molar-refractivity contribution in [2.45, 2.75) is 89.8 Å². The van der Waals surface area contributed by atoms with Crippen LogP contribution >= 0.6 is 0 Å². The second-order valence-electron chi connectivity index (χ2n) is 12.2. The number of carbonyl (C=O) groups is 3. The fourth-order valence-electron chi connectivity index (χ4n) is 8.90. The molecule has 0 amide bonds. The van der Waals surface area contributed by atoms with Gasteiger partial charge in [0.15, 0.2) is 6.10 Å². The summed E-state index contributed by atoms with van der Waals surface area (Å²) in [5.74, 6) is -1.59. The number of cyclic esters (lactones) is 2. The first-order chi connectivity index (χ1) is 15.8. The van der Waals surface area contributed by atoms with Crippen LogP contribution in [0.3, 0.4) is 0 Å². The van der Waals surface area contributed by atoms with Crippen molar-refractivity contribution in [1.82, 2.24) is 0 Å². The predicted octanol–water partition coefficient (Wildman–Crippen LogP) is 3.12. The first-order valence-electron chi connectivity index (χ1n) is 12.2. The standard InChI is InChI=1S/C26H32O8/c1-22(2)15-10-17(28)25(5)14(24(15,4)16(27)11-18(29)33-22)6-8-23(3)19(13-7-9-31-12-13)32-21(30)20-26(23,25)34-20/h7,9,12,14-16,19-20,27H,6,8,10-11H2,1-5H3/t14-,15+,16?,19+,20-,23+,24-,25+,26-/m1/s1. The highest BCUT2D eigenvalue weighted by Gasteiger charge is 2.88. The molecule has 184 valence electrons. The van der Waals surface area contributed by atoms with E-state index in [0.29, 0.717) is 12.8 Å². The zero-order valence-corrected chi connectivity index (χ0v) is 20.3. The highest BCUT2D eigenvalue weighted by Crippen LogP contribution is 2.78. The highest BCUT2D eigenvalue weighted by molar-refractivity contribution is 5.93. The van der Waals surface area contributed by atoms with Gasteiger partial charge in [-0.15, -0.1) is 0 Å². The van der Waals surface area contributed by atoms with Crippen molar-refractivity contribution in [2.24, 2.45) is 28.1 Å². The lowest BCUT2D eigenvalue weighted by atomic mass is 9.37. The van der Waals surface area contributed by atoms with Crippen LogP contribution < -0.4 is 0 Å². The smallest absolute Gasteiger partial charge is 0.339 e. The van der Waals surface area contributed by atoms with Crippen LogP contribution in [0.4, 0.5) is 0 Å². The number of esters is 2. The third-order valence-electron chi connectivity index (χ3n) is 10.5. The molecule has 8 nitrogen and oxygen atoms in total. The molecule has 6 rings (SSSR count). The summed E-state index contributed by atoms with van der Waals surface area (Å²) in [6, 6.07) is 1.79. The lowest BCUT2D eigenvalue weighted by Crippen LogP contribution is -2.72. The molecular formula is C26H32O8. The molecule has 1 aromatic rings. The summed E-state index contributed by atoms with van der Waals surface area (Å²) in [6.45, 7) is 9.61. The maximum absolute atomic E-state index is 14.2. The van der Waals surface area contributed by atoms with Crippen molar-refractivity contribution in [1.29, 1.82) is 0 Å². The number of ether oxygens (including phenoxy) is 3. The van der Waals surface area contributed by atoms with Crippen LogP contribution in [0.15, 0.2) is 23.0 Å². The number of fused-ring (bicyclic) bond motifs is 3. The monoisotopic (exact) mass is 472 g/mol. The number of hydrogen-bond donors (Lipinski definition) is 1. The van der Waals surface area contributed by atoms with Crippen molar-refractivity contribution in [3.63, 3.8) is 0 Å². The van der Waals surface area contributed by atoms with Crippen molar-refractivity contribution in [2.75, 3.05) is 0 Å². The van der Waals surface area contributed by atoms with Gasteiger partial charge in [-0.1, -0.05) is 13.8 Å². The molecule has 3 aliphatic heterocycles. The zero-order valence-electron chi connectivity index (χ0n) is 20.3. The summed E-state index contributed by atoms with van der Waals surface area (Å²) in [4.78, 5) is 39.8. The second-order valence-corrected chi connectivity index (χ2v) is 12.2. The fraction of sp³-hybridized carbons (Fsp3) is 0.731. The number of epoxide rings is 1. The molecule has 8 heteroatoms. The van der Waals surface area contributed by atoms with E-state index in [1.54, 1.807) is 18.6 Å². The van der Waals surface area contributed by atoms with Crippen molar-refractivity contribution in [3.05, 3.63) is 24.2 Å². The Hall–Kier alpha value is -2.19. The highest BCUT2D eigenvalue weighted by atomic mass is 16.7. The molecule has 1 N–H and O–H groups in total. The van der Waals surface area contributed by atoms with Gasteiger partial charge in [0.2, 0.25) is 0 Å². The number of Topliss-reactive ketones (excluding diaryl/α,β-unsaturated/α-hetero) is 1. The van der Waals surface area contributed by atoms with Crippen molar-refractivity contribution >= 4 is 17.7 Å². The van der Waals surface area contributed by atoms with Crippen LogP contribution in [0.1, 0.15) is 72.0 Å². The Morgan fingerprint density at radius 2 is 1.74 bits per heavy atom. The molecule has 2 saturated carbocycles. The number of rotatable bonds is 1. The number of furan rings is 1. The molecule has 34 heavy (non-hydrogen) atoms. The molecule has 0 radical (unpaired) electrons. The van der Waals surface area contributed by atoms with Crippen LogP contribution in [0, 0.1) is 28.1 Å². The largest absolute Gasteiger partial charge is 0.472 e. The summed E-state index contributed by atoms with van der Waals surface area (Å²) in [5, 5.41) is 11.4. The van der Waals surface area contributed by atoms with Gasteiger partial charge in [0.05, 0.1) is 30.5 Å². The van der Waals surface area contributed by atoms with Gasteiger partial charge in [-0.25, -0.2) is 4.79 Å². The molecule has 1 spiro atoms. The minimum absolute atomic E-state index is 0.00716. The second kappa shape index (κ2) is 6.32. The number of hydrogen-bond acceptors (Lipinski definition) is 8. The number of carbonyl (C=O) groups excluding carboxylic acids is 3. The first-order valence-corrected chi connectivity index (χ1v) is 12.2. The maximum Gasteiger partial charge on any atom is 0.339 e. The maximum atomic E-state index is 14.2. The molecule has 3 saturated heterocycles. The lowest BCUT2D eigenvalue weighted by molar-refractivity contribution is -0.231. The fourth-order valence-corrected chi connectivity index (χ4v) is 8.90. The van der Waals surface area contributed by atoms with Crippen LogP contribution in [0.5, 0.6) is 0 Å². The Balaban J connectivity index is 1.53. The van der Waals surface area contributed by atoms with Gasteiger partial charge in [0, 0.05) is 28.7 Å². The van der Waals surface area contributed by atoms with Gasteiger partial charge in [0.25, 0.3) is 0 Å². The van der Waals surface area contributed by atoms with Gasteiger partial charge in [0.1, 0.15) is 23.1 Å². The van der Waals surface area contributed by atoms with Gasteiger partial charge >= 0.3 is 11.9 Å². The molecule has 0 bridgehead atoms. The van der Waals surface area contributed by atoms with E-state index in [4.69, 9.17) is 18.6 Å². The van der Waals surface area contributed by atoms with Gasteiger partial charge in [-0.3, -0.25) is 9.59 Å². The molecule has 2 aliphatic carbocycles. The third-order valence-corrected chi connectivity index (χ3v) is 10.5. The minimum Gasteiger partial charge on any atom is -0.472 e. The number of aliphatic hydroxyl groups is 1. The van der Waals surface area contributed by atoms with E-state index in [0.717, 1.165) is 5.56 Å². The van der Waals surface area contributed by atoms with Gasteiger partial charge in [-0.05, 0) is 45.6 Å². The summed E-state index contributed by atoms with van der Waals surface area (Å²) >= 11 is 0. The number of ketones is 1. The lowest BCUT2D eigenvalue weighted by Gasteiger charge is -2.66. The number of aliphatic hydroxyl groups excluding tert-OH is 1. The molecule has 0 aromatic carbocycles. The predicted molar refractivity (Wildman–Crippen MR) is 116 cm³/mol. The normalized spacial score (nSPS) is 51.1. The van der Waals surface area contributed by atoms with Gasteiger partial charge < -0.3 is 23.7 Å². The zero-order chi connectivity index (χ0) is 24.5. The minimum atomic E-state index is -1.05.